The third-order valence-electron chi connectivity index (χ3n) is 4.88. The van der Waals surface area contributed by atoms with Crippen molar-refractivity contribution in [3.63, 3.8) is 0 Å². The van der Waals surface area contributed by atoms with Crippen LogP contribution in [0, 0.1) is 0 Å². The minimum atomic E-state index is -0.336. The summed E-state index contributed by atoms with van der Waals surface area (Å²) in [5.74, 6) is -0.336. The molecular formula is C23H22N4O2S. The quantitative estimate of drug-likeness (QED) is 0.430. The summed E-state index contributed by atoms with van der Waals surface area (Å²) in [5, 5.41) is 11.2. The second kappa shape index (κ2) is 9.00. The Morgan fingerprint density at radius 1 is 1.07 bits per heavy atom. The Labute approximate surface area is 178 Å². The van der Waals surface area contributed by atoms with Gasteiger partial charge in [-0.1, -0.05) is 38.0 Å². The zero-order chi connectivity index (χ0) is 20.9. The SMILES string of the molecule is CCCCCn1nc(C(=O)Nc2ccc(-c3nccs3)cc2)c2ccccc2c1=O. The molecule has 0 saturated carbocycles. The Bertz CT molecular complexity index is 1210. The second-order valence-electron chi connectivity index (χ2n) is 7.00. The van der Waals surface area contributed by atoms with Crippen molar-refractivity contribution in [3.8, 4) is 10.6 Å². The number of aryl methyl sites for hydroxylation is 1. The van der Waals surface area contributed by atoms with Gasteiger partial charge in [0.15, 0.2) is 5.69 Å². The van der Waals surface area contributed by atoms with Crippen LogP contribution in [0.1, 0.15) is 36.7 Å². The first-order valence-electron chi connectivity index (χ1n) is 9.98. The van der Waals surface area contributed by atoms with Gasteiger partial charge in [-0.3, -0.25) is 9.59 Å². The second-order valence-corrected chi connectivity index (χ2v) is 7.89. The summed E-state index contributed by atoms with van der Waals surface area (Å²) >= 11 is 1.56. The predicted octanol–water partition coefficient (Wildman–Crippen LogP) is 4.96. The summed E-state index contributed by atoms with van der Waals surface area (Å²) in [6.07, 6.45) is 4.67. The number of amides is 1. The van der Waals surface area contributed by atoms with Crippen LogP contribution in [0.25, 0.3) is 21.3 Å². The minimum absolute atomic E-state index is 0.161. The van der Waals surface area contributed by atoms with Gasteiger partial charge in [-0.05, 0) is 36.8 Å². The molecule has 0 aliphatic rings. The van der Waals surface area contributed by atoms with E-state index in [1.54, 1.807) is 35.7 Å². The number of anilines is 1. The predicted molar refractivity (Wildman–Crippen MR) is 121 cm³/mol. The van der Waals surface area contributed by atoms with Crippen molar-refractivity contribution in [1.29, 1.82) is 0 Å². The first kappa shape index (κ1) is 20.0. The van der Waals surface area contributed by atoms with Gasteiger partial charge >= 0.3 is 0 Å². The van der Waals surface area contributed by atoms with Gasteiger partial charge in [-0.2, -0.15) is 5.10 Å². The van der Waals surface area contributed by atoms with E-state index in [1.807, 2.05) is 35.7 Å². The van der Waals surface area contributed by atoms with Gasteiger partial charge in [0.05, 0.1) is 5.39 Å². The molecule has 0 unspecified atom stereocenters. The number of nitrogens with one attached hydrogen (secondary N) is 1. The highest BCUT2D eigenvalue weighted by atomic mass is 32.1. The van der Waals surface area contributed by atoms with Crippen LogP contribution in [0.4, 0.5) is 5.69 Å². The molecular weight excluding hydrogens is 396 g/mol. The summed E-state index contributed by atoms with van der Waals surface area (Å²) < 4.78 is 1.42. The van der Waals surface area contributed by atoms with Gasteiger partial charge in [0.2, 0.25) is 0 Å². The summed E-state index contributed by atoms with van der Waals surface area (Å²) in [4.78, 5) is 30.1. The van der Waals surface area contributed by atoms with E-state index in [0.717, 1.165) is 29.8 Å². The molecule has 4 rings (SSSR count). The minimum Gasteiger partial charge on any atom is -0.321 e. The molecule has 0 radical (unpaired) electrons. The van der Waals surface area contributed by atoms with E-state index < -0.39 is 0 Å². The maximum Gasteiger partial charge on any atom is 0.276 e. The number of unbranched alkanes of at least 4 members (excludes halogenated alkanes) is 2. The molecule has 1 N–H and O–H groups in total. The van der Waals surface area contributed by atoms with Crippen molar-refractivity contribution in [3.05, 3.63) is 76.2 Å². The van der Waals surface area contributed by atoms with Gasteiger partial charge in [-0.25, -0.2) is 9.67 Å². The van der Waals surface area contributed by atoms with E-state index in [-0.39, 0.29) is 17.2 Å². The number of hydrogen-bond acceptors (Lipinski definition) is 5. The van der Waals surface area contributed by atoms with E-state index in [2.05, 4.69) is 22.3 Å². The fourth-order valence-corrected chi connectivity index (χ4v) is 3.96. The van der Waals surface area contributed by atoms with Crippen LogP contribution in [-0.4, -0.2) is 20.7 Å². The third-order valence-corrected chi connectivity index (χ3v) is 5.70. The lowest BCUT2D eigenvalue weighted by Crippen LogP contribution is -2.27. The smallest absolute Gasteiger partial charge is 0.276 e. The molecule has 2 aromatic heterocycles. The Hall–Kier alpha value is -3.32. The largest absolute Gasteiger partial charge is 0.321 e. The standard InChI is InChI=1S/C23H22N4O2S/c1-2-3-6-14-27-23(29)19-8-5-4-7-18(19)20(26-27)21(28)25-17-11-9-16(10-12-17)22-24-13-15-30-22/h4-5,7-13,15H,2-3,6,14H2,1H3,(H,25,28). The molecule has 7 heteroatoms. The number of rotatable bonds is 7. The fraction of sp³-hybridized carbons (Fsp3) is 0.217. The van der Waals surface area contributed by atoms with E-state index in [9.17, 15) is 9.59 Å². The molecule has 0 spiro atoms. The van der Waals surface area contributed by atoms with Crippen LogP contribution >= 0.6 is 11.3 Å². The molecule has 30 heavy (non-hydrogen) atoms. The number of thiazole rings is 1. The van der Waals surface area contributed by atoms with E-state index >= 15 is 0 Å². The molecule has 0 aliphatic carbocycles. The van der Waals surface area contributed by atoms with Crippen molar-refractivity contribution in [2.24, 2.45) is 0 Å². The zero-order valence-electron chi connectivity index (χ0n) is 16.7. The normalized spacial score (nSPS) is 11.0. The highest BCUT2D eigenvalue weighted by Crippen LogP contribution is 2.23. The van der Waals surface area contributed by atoms with Crippen LogP contribution in [-0.2, 0) is 6.54 Å². The van der Waals surface area contributed by atoms with Crippen molar-refractivity contribution in [2.75, 3.05) is 5.32 Å². The Kier molecular flexibility index (Phi) is 5.99. The van der Waals surface area contributed by atoms with Crippen molar-refractivity contribution in [1.82, 2.24) is 14.8 Å². The molecule has 6 nitrogen and oxygen atoms in total. The van der Waals surface area contributed by atoms with Gasteiger partial charge in [-0.15, -0.1) is 11.3 Å². The number of hydrogen-bond donors (Lipinski definition) is 1. The Balaban J connectivity index is 1.63. The molecule has 2 aromatic carbocycles. The highest BCUT2D eigenvalue weighted by Gasteiger charge is 2.17. The van der Waals surface area contributed by atoms with Gasteiger partial charge in [0.25, 0.3) is 11.5 Å². The number of carbonyl (C=O) groups is 1. The van der Waals surface area contributed by atoms with E-state index in [1.165, 1.54) is 4.68 Å². The first-order valence-corrected chi connectivity index (χ1v) is 10.9. The molecule has 0 aliphatic heterocycles. The van der Waals surface area contributed by atoms with Crippen molar-refractivity contribution < 1.29 is 4.79 Å². The number of aromatic nitrogens is 3. The number of carbonyl (C=O) groups excluding carboxylic acids is 1. The van der Waals surface area contributed by atoms with Gasteiger partial charge < -0.3 is 5.32 Å². The van der Waals surface area contributed by atoms with Crippen LogP contribution in [0.3, 0.4) is 0 Å². The van der Waals surface area contributed by atoms with Gasteiger partial charge in [0.1, 0.15) is 5.01 Å². The lowest BCUT2D eigenvalue weighted by molar-refractivity contribution is 0.102. The third kappa shape index (κ3) is 4.16. The lowest BCUT2D eigenvalue weighted by atomic mass is 10.1. The summed E-state index contributed by atoms with van der Waals surface area (Å²) in [6.45, 7) is 2.61. The van der Waals surface area contributed by atoms with Crippen LogP contribution in [0.2, 0.25) is 0 Å². The van der Waals surface area contributed by atoms with Crippen LogP contribution in [0.15, 0.2) is 64.9 Å². The first-order chi connectivity index (χ1) is 14.7. The topological polar surface area (TPSA) is 76.9 Å². The van der Waals surface area contributed by atoms with E-state index in [4.69, 9.17) is 0 Å². The van der Waals surface area contributed by atoms with Crippen LogP contribution in [0.5, 0.6) is 0 Å². The molecule has 4 aromatic rings. The molecule has 0 saturated heterocycles. The number of benzene rings is 2. The Morgan fingerprint density at radius 2 is 1.83 bits per heavy atom. The monoisotopic (exact) mass is 418 g/mol. The number of fused-ring (bicyclic) bond motifs is 1. The molecule has 0 bridgehead atoms. The van der Waals surface area contributed by atoms with Crippen LogP contribution < -0.4 is 10.9 Å². The summed E-state index contributed by atoms with van der Waals surface area (Å²) in [6, 6.07) is 14.7. The lowest BCUT2D eigenvalue weighted by Gasteiger charge is -2.11. The summed E-state index contributed by atoms with van der Waals surface area (Å²) in [5.41, 5.74) is 1.75. The average molecular weight is 419 g/mol. The molecule has 2 heterocycles. The van der Waals surface area contributed by atoms with Crippen molar-refractivity contribution in [2.45, 2.75) is 32.7 Å². The summed E-state index contributed by atoms with van der Waals surface area (Å²) in [7, 11) is 0. The maximum atomic E-state index is 13.0. The number of nitrogens with zero attached hydrogens (tertiary/aromatic N) is 3. The average Bonchev–Trinajstić information content (AvgIpc) is 3.31. The Morgan fingerprint density at radius 3 is 2.53 bits per heavy atom. The molecule has 1 amide bonds. The zero-order valence-corrected chi connectivity index (χ0v) is 17.5. The van der Waals surface area contributed by atoms with Gasteiger partial charge in [0, 0.05) is 34.8 Å². The maximum absolute atomic E-state index is 13.0. The molecule has 0 atom stereocenters. The fourth-order valence-electron chi connectivity index (χ4n) is 3.32. The highest BCUT2D eigenvalue weighted by molar-refractivity contribution is 7.13. The molecule has 152 valence electrons. The van der Waals surface area contributed by atoms with E-state index in [0.29, 0.717) is 23.0 Å². The van der Waals surface area contributed by atoms with Crippen molar-refractivity contribution >= 4 is 33.7 Å². The molecule has 0 fully saturated rings.